The second-order valence-corrected chi connectivity index (χ2v) is 8.04. The standard InChI is InChI=1S/C20H23N7O2S2/c1-13(14-7-6-8-15(11-14)29-2)23-24-19-25-26-20(27(19)21)31-12-18(28)22-16-9-4-5-10-17(16)30-3/h4-11H,12,21H2,1-3H3,(H,22,28)(H,24,25)/b23-13+. The van der Waals surface area contributed by atoms with Gasteiger partial charge < -0.3 is 15.9 Å². The molecule has 0 bridgehead atoms. The Morgan fingerprint density at radius 3 is 2.81 bits per heavy atom. The summed E-state index contributed by atoms with van der Waals surface area (Å²) in [7, 11) is 1.61. The van der Waals surface area contributed by atoms with E-state index < -0.39 is 0 Å². The molecule has 9 nitrogen and oxygen atoms in total. The minimum atomic E-state index is -0.157. The van der Waals surface area contributed by atoms with Gasteiger partial charge in [0, 0.05) is 10.5 Å². The van der Waals surface area contributed by atoms with Gasteiger partial charge in [-0.05, 0) is 37.4 Å². The van der Waals surface area contributed by atoms with Crippen molar-refractivity contribution in [2.24, 2.45) is 5.10 Å². The summed E-state index contributed by atoms with van der Waals surface area (Å²) in [5.41, 5.74) is 5.20. The van der Waals surface area contributed by atoms with E-state index in [4.69, 9.17) is 10.6 Å². The van der Waals surface area contributed by atoms with E-state index in [0.717, 1.165) is 27.6 Å². The molecule has 2 aromatic carbocycles. The van der Waals surface area contributed by atoms with Crippen molar-refractivity contribution in [3.63, 3.8) is 0 Å². The Kier molecular flexibility index (Phi) is 7.79. The van der Waals surface area contributed by atoms with Crippen LogP contribution in [0.4, 0.5) is 11.6 Å². The summed E-state index contributed by atoms with van der Waals surface area (Å²) in [4.78, 5) is 13.3. The van der Waals surface area contributed by atoms with Gasteiger partial charge >= 0.3 is 0 Å². The molecule has 0 spiro atoms. The number of benzene rings is 2. The van der Waals surface area contributed by atoms with E-state index in [2.05, 4.69) is 26.0 Å². The number of methoxy groups -OCH3 is 1. The number of aromatic nitrogens is 3. The fourth-order valence-corrected chi connectivity index (χ4v) is 3.77. The zero-order valence-corrected chi connectivity index (χ0v) is 19.0. The molecule has 11 heteroatoms. The third-order valence-corrected chi connectivity index (χ3v) is 5.93. The average molecular weight is 458 g/mol. The molecule has 3 aromatic rings. The van der Waals surface area contributed by atoms with E-state index in [0.29, 0.717) is 5.16 Å². The highest BCUT2D eigenvalue weighted by Gasteiger charge is 2.13. The number of rotatable bonds is 9. The lowest BCUT2D eigenvalue weighted by molar-refractivity contribution is -0.113. The number of ether oxygens (including phenoxy) is 1. The minimum absolute atomic E-state index is 0.143. The largest absolute Gasteiger partial charge is 0.497 e. The van der Waals surface area contributed by atoms with Gasteiger partial charge in [0.25, 0.3) is 5.95 Å². The van der Waals surface area contributed by atoms with Crippen LogP contribution < -0.4 is 21.3 Å². The lowest BCUT2D eigenvalue weighted by Gasteiger charge is -2.09. The molecule has 3 rings (SSSR count). The van der Waals surface area contributed by atoms with E-state index in [1.54, 1.807) is 18.9 Å². The first-order valence-corrected chi connectivity index (χ1v) is 11.4. The Labute approximate surface area is 188 Å². The molecule has 0 aliphatic carbocycles. The molecule has 0 unspecified atom stereocenters. The van der Waals surface area contributed by atoms with Crippen molar-refractivity contribution in [2.45, 2.75) is 17.0 Å². The number of hydrazone groups is 1. The Morgan fingerprint density at radius 1 is 1.23 bits per heavy atom. The maximum absolute atomic E-state index is 12.3. The second-order valence-electron chi connectivity index (χ2n) is 6.25. The molecule has 0 aliphatic rings. The number of nitrogens with one attached hydrogen (secondary N) is 2. The predicted molar refractivity (Wildman–Crippen MR) is 127 cm³/mol. The number of anilines is 2. The third-order valence-electron chi connectivity index (χ3n) is 4.19. The number of para-hydroxylation sites is 1. The van der Waals surface area contributed by atoms with Crippen LogP contribution in [0.2, 0.25) is 0 Å². The summed E-state index contributed by atoms with van der Waals surface area (Å²) in [6, 6.07) is 15.2. The monoisotopic (exact) mass is 457 g/mol. The van der Waals surface area contributed by atoms with E-state index in [-0.39, 0.29) is 17.6 Å². The molecule has 162 valence electrons. The zero-order chi connectivity index (χ0) is 22.2. The third kappa shape index (κ3) is 5.92. The quantitative estimate of drug-likeness (QED) is 0.194. The van der Waals surface area contributed by atoms with Gasteiger partial charge in [0.05, 0.1) is 24.3 Å². The van der Waals surface area contributed by atoms with Crippen LogP contribution in [0.25, 0.3) is 0 Å². The summed E-state index contributed by atoms with van der Waals surface area (Å²) in [5, 5.41) is 15.6. The first-order valence-electron chi connectivity index (χ1n) is 9.22. The van der Waals surface area contributed by atoms with Gasteiger partial charge in [0.2, 0.25) is 11.1 Å². The maximum atomic E-state index is 12.3. The summed E-state index contributed by atoms with van der Waals surface area (Å²) in [6.45, 7) is 1.85. The number of hydrogen-bond donors (Lipinski definition) is 3. The number of nitrogens with zero attached hydrogens (tertiary/aromatic N) is 4. The maximum Gasteiger partial charge on any atom is 0.264 e. The number of carbonyl (C=O) groups excluding carboxylic acids is 1. The number of nitrogens with two attached hydrogens (primary N) is 1. The van der Waals surface area contributed by atoms with Crippen LogP contribution in [0.5, 0.6) is 5.75 Å². The van der Waals surface area contributed by atoms with Crippen LogP contribution in [0.15, 0.2) is 63.7 Å². The van der Waals surface area contributed by atoms with Crippen molar-refractivity contribution in [1.29, 1.82) is 0 Å². The smallest absolute Gasteiger partial charge is 0.264 e. The molecule has 0 atom stereocenters. The lowest BCUT2D eigenvalue weighted by atomic mass is 10.1. The zero-order valence-electron chi connectivity index (χ0n) is 17.3. The van der Waals surface area contributed by atoms with Crippen LogP contribution in [-0.4, -0.2) is 45.6 Å². The normalized spacial score (nSPS) is 11.3. The first kappa shape index (κ1) is 22.5. The number of amides is 1. The Balaban J connectivity index is 1.59. The van der Waals surface area contributed by atoms with E-state index >= 15 is 0 Å². The number of hydrogen-bond acceptors (Lipinski definition) is 9. The summed E-state index contributed by atoms with van der Waals surface area (Å²) in [6.07, 6.45) is 1.96. The van der Waals surface area contributed by atoms with Gasteiger partial charge in [-0.2, -0.15) is 5.10 Å². The van der Waals surface area contributed by atoms with Gasteiger partial charge in [0.15, 0.2) is 0 Å². The highest BCUT2D eigenvalue weighted by molar-refractivity contribution is 7.99. The van der Waals surface area contributed by atoms with Crippen LogP contribution in [0.3, 0.4) is 0 Å². The van der Waals surface area contributed by atoms with Gasteiger partial charge in [-0.3, -0.25) is 4.79 Å². The van der Waals surface area contributed by atoms with Crippen molar-refractivity contribution >= 4 is 46.8 Å². The van der Waals surface area contributed by atoms with Crippen molar-refractivity contribution in [2.75, 3.05) is 35.7 Å². The van der Waals surface area contributed by atoms with Crippen molar-refractivity contribution < 1.29 is 9.53 Å². The Morgan fingerprint density at radius 2 is 2.03 bits per heavy atom. The fraction of sp³-hybridized carbons (Fsp3) is 0.200. The van der Waals surface area contributed by atoms with Gasteiger partial charge in [0.1, 0.15) is 5.75 Å². The summed E-state index contributed by atoms with van der Waals surface area (Å²) < 4.78 is 6.49. The molecule has 1 amide bonds. The van der Waals surface area contributed by atoms with Crippen molar-refractivity contribution in [3.05, 3.63) is 54.1 Å². The molecular weight excluding hydrogens is 434 g/mol. The molecule has 1 aromatic heterocycles. The summed E-state index contributed by atoms with van der Waals surface area (Å²) in [5.74, 6) is 7.03. The molecule has 4 N–H and O–H groups in total. The van der Waals surface area contributed by atoms with Crippen molar-refractivity contribution in [1.82, 2.24) is 14.9 Å². The van der Waals surface area contributed by atoms with Gasteiger partial charge in [-0.15, -0.1) is 22.0 Å². The molecule has 0 radical (unpaired) electrons. The molecule has 0 saturated heterocycles. The highest BCUT2D eigenvalue weighted by Crippen LogP contribution is 2.25. The molecule has 1 heterocycles. The Hall–Kier alpha value is -3.18. The molecule has 0 fully saturated rings. The topological polar surface area (TPSA) is 119 Å². The minimum Gasteiger partial charge on any atom is -0.497 e. The van der Waals surface area contributed by atoms with E-state index in [9.17, 15) is 4.79 Å². The van der Waals surface area contributed by atoms with Gasteiger partial charge in [-0.25, -0.2) is 10.1 Å². The molecule has 31 heavy (non-hydrogen) atoms. The number of carbonyl (C=O) groups is 1. The van der Waals surface area contributed by atoms with Crippen molar-refractivity contribution in [3.8, 4) is 5.75 Å². The number of thioether (sulfide) groups is 2. The van der Waals surface area contributed by atoms with E-state index in [1.807, 2.05) is 61.7 Å². The van der Waals surface area contributed by atoms with E-state index in [1.165, 1.54) is 16.4 Å². The van der Waals surface area contributed by atoms with Crippen LogP contribution in [0, 0.1) is 0 Å². The van der Waals surface area contributed by atoms with Crippen LogP contribution >= 0.6 is 23.5 Å². The highest BCUT2D eigenvalue weighted by atomic mass is 32.2. The van der Waals surface area contributed by atoms with Gasteiger partial charge in [-0.1, -0.05) is 36.0 Å². The SMILES string of the molecule is COc1cccc(/C(C)=N/Nc2nnc(SCC(=O)Nc3ccccc3SC)n2N)c1. The molecule has 0 saturated carbocycles. The number of nitrogen functional groups attached to an aromatic ring is 1. The molecule has 0 aliphatic heterocycles. The molecular formula is C20H23N7O2S2. The Bertz CT molecular complexity index is 1080. The fourth-order valence-electron chi connectivity index (χ4n) is 2.56. The first-order chi connectivity index (χ1) is 15.0. The van der Waals surface area contributed by atoms with Crippen LogP contribution in [0.1, 0.15) is 12.5 Å². The van der Waals surface area contributed by atoms with Crippen LogP contribution in [-0.2, 0) is 4.79 Å². The predicted octanol–water partition coefficient (Wildman–Crippen LogP) is 3.29. The average Bonchev–Trinajstić information content (AvgIpc) is 3.15. The lowest BCUT2D eigenvalue weighted by Crippen LogP contribution is -2.17. The second kappa shape index (κ2) is 10.7. The summed E-state index contributed by atoms with van der Waals surface area (Å²) >= 11 is 2.75.